The Morgan fingerprint density at radius 3 is 2.92 bits per heavy atom. The molecule has 0 spiro atoms. The number of fused-ring (bicyclic) bond motifs is 2. The molecule has 1 fully saturated rings. The minimum atomic E-state index is -0.580. The Morgan fingerprint density at radius 1 is 1.41 bits per heavy atom. The van der Waals surface area contributed by atoms with Crippen molar-refractivity contribution in [3.05, 3.63) is 59.0 Å². The highest BCUT2D eigenvalue weighted by Gasteiger charge is 2.36. The number of hydrogen-bond acceptors (Lipinski definition) is 6. The van der Waals surface area contributed by atoms with Gasteiger partial charge in [-0.15, -0.1) is 0 Å². The van der Waals surface area contributed by atoms with E-state index in [1.165, 1.54) is 12.4 Å². The highest BCUT2D eigenvalue weighted by atomic mass is 35.5. The molecule has 11 heteroatoms. The number of amides is 1. The van der Waals surface area contributed by atoms with Gasteiger partial charge in [0.05, 0.1) is 45.7 Å². The third-order valence-corrected chi connectivity index (χ3v) is 7.15. The van der Waals surface area contributed by atoms with Crippen molar-refractivity contribution >= 4 is 45.4 Å². The summed E-state index contributed by atoms with van der Waals surface area (Å²) in [6.07, 6.45) is 5.14. The number of benzene rings is 1. The number of halogens is 2. The first-order valence-corrected chi connectivity index (χ1v) is 12.0. The number of aromatic nitrogens is 5. The van der Waals surface area contributed by atoms with Crippen LogP contribution in [-0.2, 0) is 16.6 Å². The van der Waals surface area contributed by atoms with Crippen molar-refractivity contribution in [1.29, 1.82) is 0 Å². The summed E-state index contributed by atoms with van der Waals surface area (Å²) in [6, 6.07) is 1.43. The quantitative estimate of drug-likeness (QED) is 0.326. The van der Waals surface area contributed by atoms with E-state index in [2.05, 4.69) is 33.4 Å². The molecule has 190 valence electrons. The Morgan fingerprint density at radius 2 is 2.19 bits per heavy atom. The Hall–Kier alpha value is -3.94. The predicted molar refractivity (Wildman–Crippen MR) is 140 cm³/mol. The van der Waals surface area contributed by atoms with Crippen LogP contribution < -0.4 is 5.73 Å². The minimum Gasteiger partial charge on any atom is -0.383 e. The van der Waals surface area contributed by atoms with Crippen molar-refractivity contribution in [2.75, 3.05) is 26.0 Å². The average Bonchev–Trinajstić information content (AvgIpc) is 3.54. The number of carbonyl (C=O) groups is 1. The number of ether oxygens (including phenoxy) is 1. The minimum absolute atomic E-state index is 0.0485. The van der Waals surface area contributed by atoms with Crippen LogP contribution in [0.25, 0.3) is 22.1 Å². The number of methoxy groups -OCH3 is 1. The van der Waals surface area contributed by atoms with Crippen molar-refractivity contribution < 1.29 is 13.9 Å². The molecule has 1 amide bonds. The second-order valence-corrected chi connectivity index (χ2v) is 9.39. The number of nitrogens with two attached hydrogens (primary N) is 1. The summed E-state index contributed by atoms with van der Waals surface area (Å²) in [5, 5.41) is 0.739. The molecule has 2 atom stereocenters. The van der Waals surface area contributed by atoms with E-state index in [0.717, 1.165) is 0 Å². The fourth-order valence-corrected chi connectivity index (χ4v) is 5.16. The van der Waals surface area contributed by atoms with Gasteiger partial charge in [-0.05, 0) is 25.5 Å². The molecule has 9 nitrogen and oxygen atoms in total. The van der Waals surface area contributed by atoms with E-state index >= 15 is 4.39 Å². The topological polar surface area (TPSA) is 104 Å². The van der Waals surface area contributed by atoms with Gasteiger partial charge >= 0.3 is 0 Å². The lowest BCUT2D eigenvalue weighted by Gasteiger charge is -2.22. The number of nitrogen functional groups attached to an aromatic ring is 1. The molecule has 5 rings (SSSR count). The average molecular weight is 522 g/mol. The summed E-state index contributed by atoms with van der Waals surface area (Å²) in [5.74, 6) is 6.07. The molecule has 4 heterocycles. The zero-order valence-electron chi connectivity index (χ0n) is 20.6. The molecule has 1 aromatic carbocycles. The van der Waals surface area contributed by atoms with Gasteiger partial charge in [-0.25, -0.2) is 19.3 Å². The summed E-state index contributed by atoms with van der Waals surface area (Å²) in [6.45, 7) is 6.24. The number of likely N-dealkylation sites (tertiary alicyclic amines) is 1. The molecule has 0 radical (unpaired) electrons. The molecule has 1 aliphatic rings. The third-order valence-electron chi connectivity index (χ3n) is 6.86. The Balaban J connectivity index is 1.60. The zero-order valence-corrected chi connectivity index (χ0v) is 21.4. The number of imidazole rings is 1. The van der Waals surface area contributed by atoms with Gasteiger partial charge in [0.2, 0.25) is 5.91 Å². The first-order valence-electron chi connectivity index (χ1n) is 11.6. The van der Waals surface area contributed by atoms with Gasteiger partial charge in [-0.2, -0.15) is 0 Å². The fourth-order valence-electron chi connectivity index (χ4n) is 4.93. The lowest BCUT2D eigenvalue weighted by Crippen LogP contribution is -2.37. The van der Waals surface area contributed by atoms with Crippen molar-refractivity contribution in [3.8, 4) is 11.8 Å². The van der Waals surface area contributed by atoms with Crippen LogP contribution in [0.15, 0.2) is 31.2 Å². The molecule has 1 unspecified atom stereocenters. The molecule has 4 aromatic rings. The smallest absolute Gasteiger partial charge is 0.246 e. The van der Waals surface area contributed by atoms with Gasteiger partial charge in [0.1, 0.15) is 29.1 Å². The van der Waals surface area contributed by atoms with Gasteiger partial charge in [-0.3, -0.25) is 4.79 Å². The maximum Gasteiger partial charge on any atom is 0.246 e. The van der Waals surface area contributed by atoms with Gasteiger partial charge in [0.25, 0.3) is 0 Å². The Bertz CT molecular complexity index is 1630. The van der Waals surface area contributed by atoms with Crippen molar-refractivity contribution in [1.82, 2.24) is 29.0 Å². The molecular formula is C26H25ClFN7O2. The number of nitrogens with zero attached hydrogens (tertiary/aromatic N) is 6. The normalized spacial score (nSPS) is 17.4. The van der Waals surface area contributed by atoms with Crippen LogP contribution >= 0.6 is 11.6 Å². The van der Waals surface area contributed by atoms with E-state index in [-0.39, 0.29) is 39.9 Å². The zero-order chi connectivity index (χ0) is 26.4. The van der Waals surface area contributed by atoms with Crippen LogP contribution in [0.3, 0.4) is 0 Å². The second kappa shape index (κ2) is 9.50. The van der Waals surface area contributed by atoms with Crippen LogP contribution in [0.4, 0.5) is 10.2 Å². The molecule has 0 aliphatic carbocycles. The van der Waals surface area contributed by atoms with Crippen molar-refractivity contribution in [2.24, 2.45) is 7.05 Å². The van der Waals surface area contributed by atoms with E-state index in [1.807, 2.05) is 10.8 Å². The SMILES string of the molecule is C=CC(=O)N1CC(n2cc(C#Cc3c(Cl)cc4c(nc(C)n4C)c3F)c3c(N)ncnc32)C[C@@H]1COC. The van der Waals surface area contributed by atoms with Crippen LogP contribution in [-0.4, -0.2) is 61.2 Å². The van der Waals surface area contributed by atoms with Crippen LogP contribution in [0.1, 0.15) is 29.4 Å². The van der Waals surface area contributed by atoms with Crippen LogP contribution in [0, 0.1) is 24.6 Å². The van der Waals surface area contributed by atoms with E-state index in [0.29, 0.717) is 47.5 Å². The highest BCUT2D eigenvalue weighted by molar-refractivity contribution is 6.32. The molecule has 2 N–H and O–H groups in total. The number of anilines is 1. The predicted octanol–water partition coefficient (Wildman–Crippen LogP) is 3.38. The summed E-state index contributed by atoms with van der Waals surface area (Å²) in [4.78, 5) is 27.1. The molecule has 1 aliphatic heterocycles. The largest absolute Gasteiger partial charge is 0.383 e. The monoisotopic (exact) mass is 521 g/mol. The molecule has 0 saturated carbocycles. The fraction of sp³-hybridized carbons (Fsp3) is 0.308. The number of hydrogen-bond donors (Lipinski definition) is 1. The Kier molecular flexibility index (Phi) is 6.35. The second-order valence-electron chi connectivity index (χ2n) is 8.98. The molecule has 1 saturated heterocycles. The van der Waals surface area contributed by atoms with Crippen molar-refractivity contribution in [3.63, 3.8) is 0 Å². The summed E-state index contributed by atoms with van der Waals surface area (Å²) >= 11 is 6.42. The number of aryl methyl sites for hydroxylation is 2. The Labute approximate surface area is 217 Å². The van der Waals surface area contributed by atoms with Gasteiger partial charge in [0, 0.05) is 26.9 Å². The number of rotatable bonds is 4. The van der Waals surface area contributed by atoms with Gasteiger partial charge in [0.15, 0.2) is 5.82 Å². The molecule has 0 bridgehead atoms. The molecular weight excluding hydrogens is 497 g/mol. The van der Waals surface area contributed by atoms with Gasteiger partial charge < -0.3 is 24.5 Å². The highest BCUT2D eigenvalue weighted by Crippen LogP contribution is 2.34. The number of carbonyl (C=O) groups excluding carboxylic acids is 1. The summed E-state index contributed by atoms with van der Waals surface area (Å²) in [7, 11) is 3.40. The lowest BCUT2D eigenvalue weighted by atomic mass is 10.1. The van der Waals surface area contributed by atoms with E-state index in [9.17, 15) is 4.79 Å². The summed E-state index contributed by atoms with van der Waals surface area (Å²) < 4.78 is 24.4. The van der Waals surface area contributed by atoms with E-state index in [1.54, 1.807) is 36.6 Å². The van der Waals surface area contributed by atoms with Gasteiger partial charge in [-0.1, -0.05) is 30.0 Å². The third kappa shape index (κ3) is 4.10. The lowest BCUT2D eigenvalue weighted by molar-refractivity contribution is -0.127. The molecule has 37 heavy (non-hydrogen) atoms. The maximum atomic E-state index is 15.4. The van der Waals surface area contributed by atoms with E-state index < -0.39 is 5.82 Å². The standard InChI is InChI=1S/C26H25ClFN7O2/c1-5-21(36)34-11-16(8-17(34)12-37-4)35-10-15(22-25(29)30-13-31-26(22)35)6-7-18-19(27)9-20-24(23(18)28)32-14(2)33(20)3/h5,9-10,13,16-17H,1,8,11-12H2,2-4H3,(H2,29,30,31)/t16?,17-/m1/s1. The van der Waals surface area contributed by atoms with Crippen molar-refractivity contribution in [2.45, 2.75) is 25.4 Å². The molecule has 3 aromatic heterocycles. The van der Waals surface area contributed by atoms with Crippen LogP contribution in [0.5, 0.6) is 0 Å². The first kappa shape index (κ1) is 24.7. The van der Waals surface area contributed by atoms with E-state index in [4.69, 9.17) is 22.1 Å². The summed E-state index contributed by atoms with van der Waals surface area (Å²) in [5.41, 5.74) is 8.17. The van der Waals surface area contributed by atoms with Crippen LogP contribution in [0.2, 0.25) is 5.02 Å². The maximum absolute atomic E-state index is 15.4. The first-order chi connectivity index (χ1) is 17.7.